The van der Waals surface area contributed by atoms with Crippen molar-refractivity contribution in [1.29, 1.82) is 0 Å². The maximum atomic E-state index is 12.2. The minimum Gasteiger partial charge on any atom is -0.367 e. The van der Waals surface area contributed by atoms with E-state index in [2.05, 4.69) is 15.3 Å². The Morgan fingerprint density at radius 1 is 1.44 bits per heavy atom. The summed E-state index contributed by atoms with van der Waals surface area (Å²) >= 11 is 5.28. The SMILES string of the molecule is CNc1nc(C(F)(F)F)nc(Cl)c1[N+](=O)[O-]. The molecule has 0 unspecified atom stereocenters. The molecule has 0 fully saturated rings. The van der Waals surface area contributed by atoms with Gasteiger partial charge in [0, 0.05) is 7.05 Å². The number of aromatic nitrogens is 2. The maximum absolute atomic E-state index is 12.2. The third kappa shape index (κ3) is 2.30. The fraction of sp³-hybridized carbons (Fsp3) is 0.333. The fourth-order valence-corrected chi connectivity index (χ4v) is 1.13. The number of rotatable bonds is 2. The monoisotopic (exact) mass is 256 g/mol. The zero-order chi connectivity index (χ0) is 12.5. The highest BCUT2D eigenvalue weighted by atomic mass is 35.5. The Labute approximate surface area is 91.6 Å². The highest BCUT2D eigenvalue weighted by Crippen LogP contribution is 2.34. The second-order valence-corrected chi connectivity index (χ2v) is 2.90. The number of anilines is 1. The van der Waals surface area contributed by atoms with Gasteiger partial charge in [0.15, 0.2) is 0 Å². The first-order chi connectivity index (χ1) is 7.27. The number of nitro groups is 1. The van der Waals surface area contributed by atoms with Gasteiger partial charge in [0.2, 0.25) is 16.8 Å². The quantitative estimate of drug-likeness (QED) is 0.498. The molecule has 0 bridgehead atoms. The van der Waals surface area contributed by atoms with Gasteiger partial charge in [0.25, 0.3) is 0 Å². The molecule has 88 valence electrons. The van der Waals surface area contributed by atoms with Crippen LogP contribution in [0, 0.1) is 10.1 Å². The first-order valence-corrected chi connectivity index (χ1v) is 4.12. The molecule has 10 heteroatoms. The average Bonchev–Trinajstić information content (AvgIpc) is 2.14. The number of nitrogens with one attached hydrogen (secondary N) is 1. The Kier molecular flexibility index (Phi) is 3.17. The molecule has 0 aliphatic rings. The highest BCUT2D eigenvalue weighted by Gasteiger charge is 2.38. The van der Waals surface area contributed by atoms with Crippen LogP contribution < -0.4 is 5.32 Å². The Morgan fingerprint density at radius 2 is 2.00 bits per heavy atom. The summed E-state index contributed by atoms with van der Waals surface area (Å²) in [6.07, 6.45) is -4.82. The molecule has 0 radical (unpaired) electrons. The summed E-state index contributed by atoms with van der Waals surface area (Å²) in [4.78, 5) is 15.3. The second-order valence-electron chi connectivity index (χ2n) is 2.54. The molecule has 1 aromatic rings. The van der Waals surface area contributed by atoms with Gasteiger partial charge >= 0.3 is 11.9 Å². The Hall–Kier alpha value is -1.64. The van der Waals surface area contributed by atoms with Crippen molar-refractivity contribution in [3.63, 3.8) is 0 Å². The normalized spacial score (nSPS) is 11.3. The van der Waals surface area contributed by atoms with E-state index in [1.54, 1.807) is 0 Å². The lowest BCUT2D eigenvalue weighted by Crippen LogP contribution is -2.14. The summed E-state index contributed by atoms with van der Waals surface area (Å²) in [5.74, 6) is -2.12. The summed E-state index contributed by atoms with van der Waals surface area (Å²) in [6.45, 7) is 0. The molecule has 0 spiro atoms. The van der Waals surface area contributed by atoms with Crippen LogP contribution in [0.15, 0.2) is 0 Å². The van der Waals surface area contributed by atoms with Crippen molar-refractivity contribution in [1.82, 2.24) is 9.97 Å². The Balaban J connectivity index is 3.44. The van der Waals surface area contributed by atoms with E-state index in [9.17, 15) is 23.3 Å². The van der Waals surface area contributed by atoms with Gasteiger partial charge in [-0.2, -0.15) is 13.2 Å². The van der Waals surface area contributed by atoms with Gasteiger partial charge in [-0.05, 0) is 0 Å². The first kappa shape index (κ1) is 12.4. The van der Waals surface area contributed by atoms with Gasteiger partial charge in [0.05, 0.1) is 4.92 Å². The standard InChI is InChI=1S/C6H4ClF3N4O2/c1-11-4-2(14(15)16)3(7)12-5(13-4)6(8,9)10/h1H3,(H,11,12,13). The van der Waals surface area contributed by atoms with Gasteiger partial charge in [-0.25, -0.2) is 9.97 Å². The van der Waals surface area contributed by atoms with E-state index >= 15 is 0 Å². The lowest BCUT2D eigenvalue weighted by molar-refractivity contribution is -0.384. The summed E-state index contributed by atoms with van der Waals surface area (Å²) in [5.41, 5.74) is -0.794. The molecule has 0 atom stereocenters. The number of hydrogen-bond acceptors (Lipinski definition) is 5. The number of nitrogens with zero attached hydrogens (tertiary/aromatic N) is 3. The van der Waals surface area contributed by atoms with Crippen molar-refractivity contribution < 1.29 is 18.1 Å². The van der Waals surface area contributed by atoms with E-state index in [-0.39, 0.29) is 0 Å². The highest BCUT2D eigenvalue weighted by molar-refractivity contribution is 6.31. The largest absolute Gasteiger partial charge is 0.451 e. The minimum absolute atomic E-state index is 0.586. The van der Waals surface area contributed by atoms with Gasteiger partial charge in [-0.1, -0.05) is 11.6 Å². The Bertz CT molecular complexity index is 437. The predicted octanol–water partition coefficient (Wildman–Crippen LogP) is 2.10. The van der Waals surface area contributed by atoms with Gasteiger partial charge < -0.3 is 5.32 Å². The zero-order valence-corrected chi connectivity index (χ0v) is 8.43. The summed E-state index contributed by atoms with van der Waals surface area (Å²) in [6, 6.07) is 0. The van der Waals surface area contributed by atoms with Crippen LogP contribution >= 0.6 is 11.6 Å². The third-order valence-electron chi connectivity index (χ3n) is 1.51. The molecule has 0 aliphatic heterocycles. The smallest absolute Gasteiger partial charge is 0.367 e. The van der Waals surface area contributed by atoms with Crippen LogP contribution in [0.1, 0.15) is 5.82 Å². The van der Waals surface area contributed by atoms with Crippen LogP contribution in [0.4, 0.5) is 24.7 Å². The molecule has 16 heavy (non-hydrogen) atoms. The molecule has 0 aromatic carbocycles. The average molecular weight is 257 g/mol. The van der Waals surface area contributed by atoms with E-state index in [0.717, 1.165) is 0 Å². The molecule has 1 rings (SSSR count). The molecule has 0 amide bonds. The molecule has 0 saturated heterocycles. The van der Waals surface area contributed by atoms with Crippen molar-refractivity contribution >= 4 is 23.1 Å². The van der Waals surface area contributed by atoms with E-state index in [4.69, 9.17) is 11.6 Å². The van der Waals surface area contributed by atoms with Gasteiger partial charge in [-0.15, -0.1) is 0 Å². The molecule has 0 saturated carbocycles. The summed E-state index contributed by atoms with van der Waals surface area (Å²) in [5, 5.41) is 11.8. The van der Waals surface area contributed by atoms with Crippen LogP contribution in [0.25, 0.3) is 0 Å². The molecular weight excluding hydrogens is 253 g/mol. The van der Waals surface area contributed by atoms with E-state index < -0.39 is 33.6 Å². The molecule has 1 N–H and O–H groups in total. The maximum Gasteiger partial charge on any atom is 0.451 e. The molecule has 0 aliphatic carbocycles. The molecule has 1 aromatic heterocycles. The van der Waals surface area contributed by atoms with E-state index in [1.165, 1.54) is 7.05 Å². The van der Waals surface area contributed by atoms with Crippen molar-refractivity contribution in [2.45, 2.75) is 6.18 Å². The molecule has 1 heterocycles. The molecular formula is C6H4ClF3N4O2. The lowest BCUT2D eigenvalue weighted by atomic mass is 10.4. The number of halogens is 4. The van der Waals surface area contributed by atoms with Crippen molar-refractivity contribution in [3.05, 3.63) is 21.1 Å². The van der Waals surface area contributed by atoms with Crippen molar-refractivity contribution in [3.8, 4) is 0 Å². The van der Waals surface area contributed by atoms with E-state index in [1.807, 2.05) is 0 Å². The van der Waals surface area contributed by atoms with Crippen LogP contribution in [0.3, 0.4) is 0 Å². The number of hydrogen-bond donors (Lipinski definition) is 1. The minimum atomic E-state index is -4.82. The Morgan fingerprint density at radius 3 is 2.38 bits per heavy atom. The van der Waals surface area contributed by atoms with Crippen LogP contribution in [0.2, 0.25) is 5.15 Å². The number of alkyl halides is 3. The first-order valence-electron chi connectivity index (χ1n) is 3.74. The lowest BCUT2D eigenvalue weighted by Gasteiger charge is -2.07. The van der Waals surface area contributed by atoms with Crippen molar-refractivity contribution in [2.75, 3.05) is 12.4 Å². The second kappa shape index (κ2) is 4.08. The van der Waals surface area contributed by atoms with E-state index in [0.29, 0.717) is 0 Å². The topological polar surface area (TPSA) is 81.0 Å². The third-order valence-corrected chi connectivity index (χ3v) is 1.78. The summed E-state index contributed by atoms with van der Waals surface area (Å²) < 4.78 is 36.7. The molecule has 6 nitrogen and oxygen atoms in total. The predicted molar refractivity (Wildman–Crippen MR) is 48.2 cm³/mol. The van der Waals surface area contributed by atoms with Crippen molar-refractivity contribution in [2.24, 2.45) is 0 Å². The van der Waals surface area contributed by atoms with Gasteiger partial charge in [-0.3, -0.25) is 10.1 Å². The van der Waals surface area contributed by atoms with Crippen LogP contribution in [0.5, 0.6) is 0 Å². The van der Waals surface area contributed by atoms with Gasteiger partial charge in [0.1, 0.15) is 0 Å². The zero-order valence-electron chi connectivity index (χ0n) is 7.67. The van der Waals surface area contributed by atoms with Crippen LogP contribution in [-0.4, -0.2) is 21.9 Å². The fourth-order valence-electron chi connectivity index (χ4n) is 0.890. The summed E-state index contributed by atoms with van der Waals surface area (Å²) in [7, 11) is 1.19. The van der Waals surface area contributed by atoms with Crippen LogP contribution in [-0.2, 0) is 6.18 Å².